The summed E-state index contributed by atoms with van der Waals surface area (Å²) in [5, 5.41) is 0.791. The molecule has 1 unspecified atom stereocenters. The molecule has 1 atom stereocenters. The van der Waals surface area contributed by atoms with E-state index in [1.807, 2.05) is 0 Å². The van der Waals surface area contributed by atoms with Crippen molar-refractivity contribution in [2.45, 2.75) is 44.8 Å². The summed E-state index contributed by atoms with van der Waals surface area (Å²) in [5.41, 5.74) is 0. The second-order valence-corrected chi connectivity index (χ2v) is 13.7. The van der Waals surface area contributed by atoms with Crippen LogP contribution in [0.5, 0.6) is 0 Å². The van der Waals surface area contributed by atoms with Crippen LogP contribution in [-0.2, 0) is 11.8 Å². The first kappa shape index (κ1) is 17.8. The molecular weight excluding hydrogens is 323 g/mol. The SMILES string of the molecule is CCCC(C)(CC)SP(=S)(c1ccccc1)c1ccccc1. The topological polar surface area (TPSA) is 0 Å². The van der Waals surface area contributed by atoms with Crippen molar-refractivity contribution in [2.24, 2.45) is 0 Å². The molecular formula is C19H25PS2. The minimum absolute atomic E-state index is 0.246. The number of hydrogen-bond acceptors (Lipinski definition) is 2. The molecule has 0 N–H and O–H groups in total. The van der Waals surface area contributed by atoms with E-state index in [2.05, 4.69) is 92.8 Å². The van der Waals surface area contributed by atoms with Gasteiger partial charge in [-0.3, -0.25) is 0 Å². The van der Waals surface area contributed by atoms with Gasteiger partial charge in [0.05, 0.1) is 5.24 Å². The van der Waals surface area contributed by atoms with Crippen LogP contribution in [0.4, 0.5) is 0 Å². The van der Waals surface area contributed by atoms with Gasteiger partial charge in [-0.05, 0) is 23.5 Å². The monoisotopic (exact) mass is 348 g/mol. The fraction of sp³-hybridized carbons (Fsp3) is 0.368. The zero-order valence-electron chi connectivity index (χ0n) is 13.7. The lowest BCUT2D eigenvalue weighted by atomic mass is 10.0. The molecule has 0 fully saturated rings. The van der Waals surface area contributed by atoms with E-state index in [4.69, 9.17) is 11.8 Å². The molecule has 0 saturated heterocycles. The van der Waals surface area contributed by atoms with Crippen LogP contribution in [0.1, 0.15) is 40.0 Å². The lowest BCUT2D eigenvalue weighted by Gasteiger charge is -2.34. The molecule has 0 bridgehead atoms. The summed E-state index contributed by atoms with van der Waals surface area (Å²) < 4.78 is 0.246. The van der Waals surface area contributed by atoms with Gasteiger partial charge in [-0.1, -0.05) is 99.7 Å². The summed E-state index contributed by atoms with van der Waals surface area (Å²) in [6, 6.07) is 21.4. The molecule has 22 heavy (non-hydrogen) atoms. The van der Waals surface area contributed by atoms with Crippen molar-refractivity contribution in [3.05, 3.63) is 60.7 Å². The normalized spacial score (nSPS) is 14.5. The highest BCUT2D eigenvalue weighted by molar-refractivity contribution is 8.75. The predicted octanol–water partition coefficient (Wildman–Crippen LogP) is 5.73. The summed E-state index contributed by atoms with van der Waals surface area (Å²) in [6.07, 6.45) is 3.58. The van der Waals surface area contributed by atoms with Crippen LogP contribution in [0.25, 0.3) is 0 Å². The molecule has 0 aliphatic heterocycles. The maximum Gasteiger partial charge on any atom is 0.0618 e. The molecule has 118 valence electrons. The Morgan fingerprint density at radius 1 is 0.909 bits per heavy atom. The highest BCUT2D eigenvalue weighted by Crippen LogP contribution is 2.63. The lowest BCUT2D eigenvalue weighted by Crippen LogP contribution is -2.23. The quantitative estimate of drug-likeness (QED) is 0.586. The first-order valence-corrected chi connectivity index (χ1v) is 12.2. The largest absolute Gasteiger partial charge is 0.109 e. The fourth-order valence-electron chi connectivity index (χ4n) is 2.63. The molecule has 0 nitrogen and oxygen atoms in total. The van der Waals surface area contributed by atoms with Gasteiger partial charge < -0.3 is 0 Å². The molecule has 2 aromatic carbocycles. The van der Waals surface area contributed by atoms with Crippen molar-refractivity contribution < 1.29 is 0 Å². The first-order chi connectivity index (χ1) is 10.5. The average molecular weight is 349 g/mol. The van der Waals surface area contributed by atoms with Crippen LogP contribution in [0.3, 0.4) is 0 Å². The molecule has 0 aliphatic carbocycles. The summed E-state index contributed by atoms with van der Waals surface area (Å²) >= 11 is 8.39. The van der Waals surface area contributed by atoms with E-state index in [0.29, 0.717) is 0 Å². The van der Waals surface area contributed by atoms with Gasteiger partial charge in [0.15, 0.2) is 0 Å². The summed E-state index contributed by atoms with van der Waals surface area (Å²) in [7, 11) is 0. The van der Waals surface area contributed by atoms with Crippen molar-refractivity contribution >= 4 is 39.0 Å². The number of hydrogen-bond donors (Lipinski definition) is 0. The second kappa shape index (κ2) is 7.81. The predicted molar refractivity (Wildman–Crippen MR) is 108 cm³/mol. The summed E-state index contributed by atoms with van der Waals surface area (Å²) in [4.78, 5) is 0. The standard InChI is InChI=1S/C19H25PS2/c1-4-16-19(3,5-2)22-20(21,17-12-8-6-9-13-17)18-14-10-7-11-15-18/h6-15H,4-5,16H2,1-3H3. The van der Waals surface area contributed by atoms with Crippen LogP contribution in [0.2, 0.25) is 0 Å². The van der Waals surface area contributed by atoms with Crippen LogP contribution >= 0.6 is 16.6 Å². The summed E-state index contributed by atoms with van der Waals surface area (Å²) in [6.45, 7) is 6.94. The van der Waals surface area contributed by atoms with Crippen molar-refractivity contribution in [3.8, 4) is 0 Å². The van der Waals surface area contributed by atoms with Gasteiger partial charge in [-0.15, -0.1) is 11.4 Å². The first-order valence-electron chi connectivity index (χ1n) is 7.96. The van der Waals surface area contributed by atoms with E-state index in [1.165, 1.54) is 23.5 Å². The third-order valence-corrected chi connectivity index (χ3v) is 12.5. The maximum atomic E-state index is 6.34. The molecule has 0 saturated carbocycles. The molecule has 0 radical (unpaired) electrons. The van der Waals surface area contributed by atoms with E-state index in [1.54, 1.807) is 0 Å². The van der Waals surface area contributed by atoms with Gasteiger partial charge in [0.1, 0.15) is 0 Å². The minimum Gasteiger partial charge on any atom is -0.109 e. The Bertz CT molecular complexity index is 581. The van der Waals surface area contributed by atoms with E-state index < -0.39 is 5.24 Å². The van der Waals surface area contributed by atoms with Gasteiger partial charge in [-0.2, -0.15) is 0 Å². The van der Waals surface area contributed by atoms with Crippen LogP contribution in [0, 0.1) is 0 Å². The molecule has 3 heteroatoms. The van der Waals surface area contributed by atoms with Crippen molar-refractivity contribution in [2.75, 3.05) is 0 Å². The van der Waals surface area contributed by atoms with E-state index in [0.717, 1.165) is 6.42 Å². The molecule has 0 amide bonds. The van der Waals surface area contributed by atoms with Crippen LogP contribution in [0.15, 0.2) is 60.7 Å². The highest BCUT2D eigenvalue weighted by atomic mass is 32.9. The molecule has 0 heterocycles. The number of rotatable bonds is 7. The van der Waals surface area contributed by atoms with E-state index >= 15 is 0 Å². The molecule has 0 aromatic heterocycles. The molecule has 0 aliphatic rings. The molecule has 2 aromatic rings. The lowest BCUT2D eigenvalue weighted by molar-refractivity contribution is 0.563. The van der Waals surface area contributed by atoms with Crippen molar-refractivity contribution in [1.82, 2.24) is 0 Å². The Morgan fingerprint density at radius 3 is 1.73 bits per heavy atom. The highest BCUT2D eigenvalue weighted by Gasteiger charge is 2.33. The van der Waals surface area contributed by atoms with Crippen molar-refractivity contribution in [1.29, 1.82) is 0 Å². The number of benzene rings is 2. The molecule has 2 rings (SSSR count). The van der Waals surface area contributed by atoms with Gasteiger partial charge >= 0.3 is 0 Å². The third kappa shape index (κ3) is 4.04. The zero-order valence-corrected chi connectivity index (χ0v) is 16.2. The Kier molecular flexibility index (Phi) is 6.32. The van der Waals surface area contributed by atoms with E-state index in [-0.39, 0.29) is 4.75 Å². The fourth-order valence-corrected chi connectivity index (χ4v) is 11.5. The van der Waals surface area contributed by atoms with Crippen LogP contribution in [-0.4, -0.2) is 4.75 Å². The zero-order chi connectivity index (χ0) is 16.1. The van der Waals surface area contributed by atoms with E-state index in [9.17, 15) is 0 Å². The van der Waals surface area contributed by atoms with Gasteiger partial charge in [0, 0.05) is 4.75 Å². The minimum atomic E-state index is -1.84. The van der Waals surface area contributed by atoms with Crippen molar-refractivity contribution in [3.63, 3.8) is 0 Å². The molecule has 0 spiro atoms. The van der Waals surface area contributed by atoms with Crippen LogP contribution < -0.4 is 10.6 Å². The maximum absolute atomic E-state index is 6.34. The third-order valence-electron chi connectivity index (χ3n) is 4.07. The summed E-state index contributed by atoms with van der Waals surface area (Å²) in [5.74, 6) is 0. The Morgan fingerprint density at radius 2 is 1.36 bits per heavy atom. The average Bonchev–Trinajstić information content (AvgIpc) is 2.56. The smallest absolute Gasteiger partial charge is 0.0618 e. The van der Waals surface area contributed by atoms with Gasteiger partial charge in [0.25, 0.3) is 0 Å². The Balaban J connectivity index is 2.50. The van der Waals surface area contributed by atoms with Gasteiger partial charge in [-0.25, -0.2) is 0 Å². The second-order valence-electron chi connectivity index (χ2n) is 5.87. The Hall–Kier alpha value is -0.560. The Labute approximate surface area is 144 Å². The van der Waals surface area contributed by atoms with Gasteiger partial charge in [0.2, 0.25) is 0 Å².